The number of carboxylic acid groups (broad SMARTS) is 1. The van der Waals surface area contributed by atoms with E-state index in [4.69, 9.17) is 23.2 Å². The Morgan fingerprint density at radius 1 is 0.914 bits per heavy atom. The molecule has 4 rings (SSSR count). The van der Waals surface area contributed by atoms with Gasteiger partial charge in [0, 0.05) is 24.5 Å². The van der Waals surface area contributed by atoms with Crippen molar-refractivity contribution < 1.29 is 14.7 Å². The Hall–Kier alpha value is -4.01. The molecule has 0 saturated heterocycles. The number of halogens is 2. The lowest BCUT2D eigenvalue weighted by Crippen LogP contribution is -2.41. The van der Waals surface area contributed by atoms with Crippen molar-refractivity contribution in [2.24, 2.45) is 0 Å². The van der Waals surface area contributed by atoms with Crippen LogP contribution in [0, 0.1) is 0 Å². The number of nitrogens with one attached hydrogen (secondary N) is 2. The molecule has 0 aliphatic heterocycles. The number of hydrogen-bond donors (Lipinski definition) is 3. The molecule has 0 saturated carbocycles. The molecule has 1 heterocycles. The van der Waals surface area contributed by atoms with Crippen LogP contribution >= 0.6 is 23.2 Å². The SMILES string of the molecule is O=C(Nc1ccc(C[C@H](Nc2c(-c3ccccc3)c(=O)c2=O)C(=O)O)cc1)c1c(Cl)cncc1Cl. The van der Waals surface area contributed by atoms with Crippen molar-refractivity contribution in [1.82, 2.24) is 4.98 Å². The number of aromatic nitrogens is 1. The summed E-state index contributed by atoms with van der Waals surface area (Å²) in [5, 5.41) is 15.3. The van der Waals surface area contributed by atoms with Gasteiger partial charge in [-0.1, -0.05) is 65.7 Å². The molecule has 0 bridgehead atoms. The van der Waals surface area contributed by atoms with Crippen LogP contribution in [0.5, 0.6) is 0 Å². The van der Waals surface area contributed by atoms with Crippen LogP contribution in [0.4, 0.5) is 11.4 Å². The van der Waals surface area contributed by atoms with Crippen LogP contribution in [0.1, 0.15) is 15.9 Å². The standard InChI is InChI=1S/C25H17Cl2N3O5/c26-16-11-28-12-17(27)20(16)24(33)29-15-8-6-13(7-9-15)10-18(25(34)35)30-21-19(22(31)23(21)32)14-4-2-1-3-5-14/h1-9,11-12,18,30H,10H2,(H,29,33)(H,34,35)/t18-/m0/s1. The van der Waals surface area contributed by atoms with Gasteiger partial charge in [0.2, 0.25) is 10.9 Å². The van der Waals surface area contributed by atoms with E-state index in [-0.39, 0.29) is 33.3 Å². The number of benzene rings is 2. The summed E-state index contributed by atoms with van der Waals surface area (Å²) in [6, 6.07) is 13.9. The van der Waals surface area contributed by atoms with E-state index in [1.165, 1.54) is 12.4 Å². The van der Waals surface area contributed by atoms with Crippen LogP contribution < -0.4 is 21.5 Å². The first-order chi connectivity index (χ1) is 16.8. The summed E-state index contributed by atoms with van der Waals surface area (Å²) in [4.78, 5) is 52.4. The van der Waals surface area contributed by atoms with Gasteiger partial charge in [-0.3, -0.25) is 19.4 Å². The van der Waals surface area contributed by atoms with Gasteiger partial charge in [0.05, 0.1) is 26.9 Å². The second-order valence-corrected chi connectivity index (χ2v) is 8.46. The average Bonchev–Trinajstić information content (AvgIpc) is 2.84. The molecule has 1 aromatic heterocycles. The Labute approximate surface area is 208 Å². The zero-order chi connectivity index (χ0) is 25.1. The summed E-state index contributed by atoms with van der Waals surface area (Å²) < 4.78 is 0. The summed E-state index contributed by atoms with van der Waals surface area (Å²) in [7, 11) is 0. The number of hydrogen-bond acceptors (Lipinski definition) is 6. The number of aliphatic carboxylic acids is 1. The molecule has 0 unspecified atom stereocenters. The molecule has 4 aromatic rings. The average molecular weight is 510 g/mol. The van der Waals surface area contributed by atoms with Crippen molar-refractivity contribution in [2.45, 2.75) is 12.5 Å². The van der Waals surface area contributed by atoms with Gasteiger partial charge in [0.1, 0.15) is 6.04 Å². The fourth-order valence-corrected chi connectivity index (χ4v) is 4.10. The molecule has 8 nitrogen and oxygen atoms in total. The van der Waals surface area contributed by atoms with Gasteiger partial charge in [0.15, 0.2) is 0 Å². The summed E-state index contributed by atoms with van der Waals surface area (Å²) >= 11 is 12.0. The maximum absolute atomic E-state index is 12.5. The maximum atomic E-state index is 12.5. The molecule has 35 heavy (non-hydrogen) atoms. The Morgan fingerprint density at radius 2 is 1.54 bits per heavy atom. The van der Waals surface area contributed by atoms with E-state index >= 15 is 0 Å². The van der Waals surface area contributed by atoms with Crippen molar-refractivity contribution in [3.05, 3.63) is 109 Å². The zero-order valence-corrected chi connectivity index (χ0v) is 19.4. The van der Waals surface area contributed by atoms with Gasteiger partial charge in [-0.25, -0.2) is 4.79 Å². The molecule has 176 valence electrons. The fraction of sp³-hybridized carbons (Fsp3) is 0.0800. The summed E-state index contributed by atoms with van der Waals surface area (Å²) in [6.45, 7) is 0. The van der Waals surface area contributed by atoms with Crippen LogP contribution in [0.25, 0.3) is 11.1 Å². The van der Waals surface area contributed by atoms with Crippen molar-refractivity contribution >= 4 is 46.5 Å². The number of rotatable bonds is 8. The summed E-state index contributed by atoms with van der Waals surface area (Å²) in [6.07, 6.45) is 2.64. The fourth-order valence-electron chi connectivity index (χ4n) is 3.57. The first-order valence-electron chi connectivity index (χ1n) is 10.3. The third-order valence-electron chi connectivity index (χ3n) is 5.32. The predicted octanol–water partition coefficient (Wildman–Crippen LogP) is 4.01. The Bertz CT molecular complexity index is 1460. The van der Waals surface area contributed by atoms with Crippen molar-refractivity contribution in [1.29, 1.82) is 0 Å². The minimum Gasteiger partial charge on any atom is -0.480 e. The largest absolute Gasteiger partial charge is 0.480 e. The molecule has 1 amide bonds. The highest BCUT2D eigenvalue weighted by atomic mass is 35.5. The topological polar surface area (TPSA) is 125 Å². The van der Waals surface area contributed by atoms with Gasteiger partial charge in [0.25, 0.3) is 5.91 Å². The maximum Gasteiger partial charge on any atom is 0.326 e. The molecule has 3 N–H and O–H groups in total. The number of nitrogens with zero attached hydrogens (tertiary/aromatic N) is 1. The van der Waals surface area contributed by atoms with Crippen LogP contribution in [0.15, 0.2) is 76.6 Å². The van der Waals surface area contributed by atoms with E-state index in [0.29, 0.717) is 16.8 Å². The third-order valence-corrected chi connectivity index (χ3v) is 5.89. The second kappa shape index (κ2) is 10.1. The quantitative estimate of drug-likeness (QED) is 0.306. The van der Waals surface area contributed by atoms with Gasteiger partial charge in [-0.05, 0) is 23.3 Å². The lowest BCUT2D eigenvalue weighted by Gasteiger charge is -2.19. The molecule has 0 radical (unpaired) electrons. The van der Waals surface area contributed by atoms with Gasteiger partial charge < -0.3 is 15.7 Å². The number of anilines is 2. The molecular formula is C25H17Cl2N3O5. The van der Waals surface area contributed by atoms with Crippen LogP contribution in [-0.4, -0.2) is 28.0 Å². The number of carbonyl (C=O) groups excluding carboxylic acids is 1. The van der Waals surface area contributed by atoms with Gasteiger partial charge in [-0.15, -0.1) is 0 Å². The van der Waals surface area contributed by atoms with Crippen molar-refractivity contribution in [3.8, 4) is 11.1 Å². The first kappa shape index (κ1) is 24.1. The van der Waals surface area contributed by atoms with Crippen LogP contribution in [0.2, 0.25) is 10.0 Å². The van der Waals surface area contributed by atoms with E-state index in [1.54, 1.807) is 54.6 Å². The lowest BCUT2D eigenvalue weighted by atomic mass is 9.97. The highest BCUT2D eigenvalue weighted by Gasteiger charge is 2.27. The smallest absolute Gasteiger partial charge is 0.326 e. The van der Waals surface area contributed by atoms with E-state index < -0.39 is 28.8 Å². The summed E-state index contributed by atoms with van der Waals surface area (Å²) in [5.74, 6) is -1.70. The molecule has 3 aromatic carbocycles. The normalized spacial score (nSPS) is 11.7. The highest BCUT2D eigenvalue weighted by molar-refractivity contribution is 6.40. The first-order valence-corrected chi connectivity index (χ1v) is 11.1. The van der Waals surface area contributed by atoms with Gasteiger partial charge >= 0.3 is 5.97 Å². The third kappa shape index (κ3) is 5.08. The molecule has 10 heteroatoms. The second-order valence-electron chi connectivity index (χ2n) is 7.64. The van der Waals surface area contributed by atoms with Gasteiger partial charge in [-0.2, -0.15) is 0 Å². The Kier molecular flexibility index (Phi) is 6.95. The molecule has 1 atom stereocenters. The number of pyridine rings is 1. The zero-order valence-electron chi connectivity index (χ0n) is 17.9. The number of amides is 1. The van der Waals surface area contributed by atoms with Crippen LogP contribution in [0.3, 0.4) is 0 Å². The molecule has 0 aliphatic rings. The minimum absolute atomic E-state index is 0.0106. The molecular weight excluding hydrogens is 493 g/mol. The van der Waals surface area contributed by atoms with E-state index in [9.17, 15) is 24.3 Å². The Balaban J connectivity index is 1.48. The summed E-state index contributed by atoms with van der Waals surface area (Å²) in [5.41, 5.74) is 0.457. The van der Waals surface area contributed by atoms with Crippen molar-refractivity contribution in [2.75, 3.05) is 10.6 Å². The predicted molar refractivity (Wildman–Crippen MR) is 134 cm³/mol. The number of carboxylic acids is 1. The molecule has 0 aliphatic carbocycles. The number of carbonyl (C=O) groups is 2. The molecule has 0 fully saturated rings. The minimum atomic E-state index is -1.18. The van der Waals surface area contributed by atoms with E-state index in [2.05, 4.69) is 15.6 Å². The van der Waals surface area contributed by atoms with E-state index in [0.717, 1.165) is 0 Å². The Morgan fingerprint density at radius 3 is 2.14 bits per heavy atom. The van der Waals surface area contributed by atoms with E-state index in [1.807, 2.05) is 0 Å². The highest BCUT2D eigenvalue weighted by Crippen LogP contribution is 2.26. The lowest BCUT2D eigenvalue weighted by molar-refractivity contribution is -0.137. The molecule has 0 spiro atoms. The van der Waals surface area contributed by atoms with Crippen LogP contribution in [-0.2, 0) is 11.2 Å². The monoisotopic (exact) mass is 509 g/mol. The van der Waals surface area contributed by atoms with Crippen molar-refractivity contribution in [3.63, 3.8) is 0 Å².